The van der Waals surface area contributed by atoms with Crippen LogP contribution in [0.3, 0.4) is 0 Å². The molecule has 0 saturated carbocycles. The third kappa shape index (κ3) is 76.4. The van der Waals surface area contributed by atoms with E-state index in [0.29, 0.717) is 0 Å². The monoisotopic (exact) mass is 933 g/mol. The molecule has 354 valence electrons. The Morgan fingerprint density at radius 1 is 0.262 bits per heavy atom. The van der Waals surface area contributed by atoms with Crippen molar-refractivity contribution in [3.05, 3.63) is 36.5 Å². The SMILES string of the molecule is CCCCCCCC/C=C\CCCCCCCC(=O)[O-].CCCCCCCC/C=C\CCCCCCCC(=O)[O-].CCCCCCCC/C=C\CCCCCCCC(=O)[O-].[Y+3]. The average molecular weight is 933 g/mol. The first kappa shape index (κ1) is 66.3. The fraction of sp³-hybridized carbons (Fsp3) is 0.833. The molecule has 0 aromatic rings. The second-order valence-electron chi connectivity index (χ2n) is 17.1. The van der Waals surface area contributed by atoms with Crippen molar-refractivity contribution in [2.24, 2.45) is 0 Å². The van der Waals surface area contributed by atoms with Gasteiger partial charge in [0.25, 0.3) is 0 Å². The molecule has 0 aliphatic heterocycles. The molecular weight excluding hydrogens is 833 g/mol. The third-order valence-corrected chi connectivity index (χ3v) is 10.9. The first-order valence-corrected chi connectivity index (χ1v) is 25.9. The van der Waals surface area contributed by atoms with Crippen LogP contribution in [-0.4, -0.2) is 17.9 Å². The second kappa shape index (κ2) is 63.0. The van der Waals surface area contributed by atoms with Gasteiger partial charge in [0.2, 0.25) is 0 Å². The van der Waals surface area contributed by atoms with Crippen molar-refractivity contribution in [2.75, 3.05) is 0 Å². The van der Waals surface area contributed by atoms with E-state index in [4.69, 9.17) is 0 Å². The molecule has 7 heteroatoms. The summed E-state index contributed by atoms with van der Waals surface area (Å²) < 4.78 is 0. The van der Waals surface area contributed by atoms with Crippen molar-refractivity contribution < 1.29 is 62.4 Å². The molecule has 0 atom stereocenters. The number of carbonyl (C=O) groups excluding carboxylic acids is 3. The minimum atomic E-state index is -0.914. The smallest absolute Gasteiger partial charge is 0.550 e. The van der Waals surface area contributed by atoms with Crippen LogP contribution in [0.1, 0.15) is 290 Å². The zero-order chi connectivity index (χ0) is 44.7. The maximum Gasteiger partial charge on any atom is 3.00 e. The number of rotatable bonds is 45. The fourth-order valence-corrected chi connectivity index (χ4v) is 7.02. The fourth-order valence-electron chi connectivity index (χ4n) is 7.02. The van der Waals surface area contributed by atoms with Gasteiger partial charge in [-0.1, -0.05) is 211 Å². The van der Waals surface area contributed by atoms with Gasteiger partial charge >= 0.3 is 32.7 Å². The van der Waals surface area contributed by atoms with Crippen LogP contribution >= 0.6 is 0 Å². The average Bonchev–Trinajstić information content (AvgIpc) is 3.22. The Balaban J connectivity index is -0.000000396. The quantitative estimate of drug-likeness (QED) is 0.0443. The van der Waals surface area contributed by atoms with Gasteiger partial charge in [-0.15, -0.1) is 0 Å². The van der Waals surface area contributed by atoms with Crippen LogP contribution in [0.25, 0.3) is 0 Å². The topological polar surface area (TPSA) is 120 Å². The van der Waals surface area contributed by atoms with E-state index in [2.05, 4.69) is 57.2 Å². The van der Waals surface area contributed by atoms with E-state index < -0.39 is 17.9 Å². The maximum absolute atomic E-state index is 10.2. The van der Waals surface area contributed by atoms with Gasteiger partial charge < -0.3 is 29.7 Å². The van der Waals surface area contributed by atoms with E-state index in [0.717, 1.165) is 57.8 Å². The standard InChI is InChI=1S/3C18H34O2.Y/c3*1-2-3-4-5-6-7-8-9-10-11-12-13-14-15-16-17-18(19)20;/h3*9-10H,2-8,11-17H2,1H3,(H,19,20);/q;;;+3/p-3/b3*10-9-;. The van der Waals surface area contributed by atoms with Crippen LogP contribution in [0.5, 0.6) is 0 Å². The van der Waals surface area contributed by atoms with Crippen LogP contribution in [0.15, 0.2) is 36.5 Å². The molecule has 0 saturated heterocycles. The van der Waals surface area contributed by atoms with Crippen molar-refractivity contribution in [3.8, 4) is 0 Å². The van der Waals surface area contributed by atoms with E-state index in [9.17, 15) is 29.7 Å². The van der Waals surface area contributed by atoms with Gasteiger partial charge in [0, 0.05) is 17.9 Å². The van der Waals surface area contributed by atoms with Gasteiger partial charge in [-0.3, -0.25) is 0 Å². The minimum absolute atomic E-state index is 0. The van der Waals surface area contributed by atoms with Gasteiger partial charge in [0.1, 0.15) is 0 Å². The van der Waals surface area contributed by atoms with Crippen molar-refractivity contribution >= 4 is 17.9 Å². The summed E-state index contributed by atoms with van der Waals surface area (Å²) in [5.74, 6) is -2.74. The van der Waals surface area contributed by atoms with Crippen molar-refractivity contribution in [3.63, 3.8) is 0 Å². The molecule has 0 unspecified atom stereocenters. The predicted octanol–water partition coefficient (Wildman–Crippen LogP) is 14.3. The molecule has 0 rings (SSSR count). The Hall–Kier alpha value is -1.27. The Morgan fingerprint density at radius 2 is 0.410 bits per heavy atom. The number of allylic oxidation sites excluding steroid dienone is 6. The largest absolute Gasteiger partial charge is 3.00 e. The molecule has 0 aliphatic rings. The Bertz CT molecular complexity index is 827. The molecule has 0 aromatic carbocycles. The summed E-state index contributed by atoms with van der Waals surface area (Å²) in [7, 11) is 0. The summed E-state index contributed by atoms with van der Waals surface area (Å²) in [6.07, 6.45) is 62.7. The molecule has 0 spiro atoms. The van der Waals surface area contributed by atoms with E-state index >= 15 is 0 Å². The Kier molecular flexibility index (Phi) is 68.5. The number of carboxylic acids is 3. The van der Waals surface area contributed by atoms with Crippen molar-refractivity contribution in [2.45, 2.75) is 290 Å². The zero-order valence-corrected chi connectivity index (χ0v) is 43.5. The van der Waals surface area contributed by atoms with Crippen molar-refractivity contribution in [1.29, 1.82) is 0 Å². The molecule has 0 heterocycles. The van der Waals surface area contributed by atoms with E-state index in [-0.39, 0.29) is 52.0 Å². The number of carbonyl (C=O) groups is 3. The summed E-state index contributed by atoms with van der Waals surface area (Å²) >= 11 is 0. The number of carboxylic acid groups (broad SMARTS) is 3. The number of aliphatic carboxylic acids is 3. The number of hydrogen-bond donors (Lipinski definition) is 0. The van der Waals surface area contributed by atoms with Gasteiger partial charge in [0.15, 0.2) is 0 Å². The Morgan fingerprint density at radius 3 is 0.574 bits per heavy atom. The second-order valence-corrected chi connectivity index (χ2v) is 17.1. The minimum Gasteiger partial charge on any atom is -0.550 e. The van der Waals surface area contributed by atoms with Gasteiger partial charge in [0.05, 0.1) is 0 Å². The summed E-state index contributed by atoms with van der Waals surface area (Å²) in [5, 5.41) is 30.6. The summed E-state index contributed by atoms with van der Waals surface area (Å²) in [6, 6.07) is 0. The van der Waals surface area contributed by atoms with Gasteiger partial charge in [-0.05, 0) is 116 Å². The third-order valence-electron chi connectivity index (χ3n) is 10.9. The van der Waals surface area contributed by atoms with Crippen LogP contribution in [0.4, 0.5) is 0 Å². The van der Waals surface area contributed by atoms with Gasteiger partial charge in [-0.2, -0.15) is 0 Å². The first-order chi connectivity index (χ1) is 29.3. The maximum atomic E-state index is 10.2. The van der Waals surface area contributed by atoms with Crippen LogP contribution in [0.2, 0.25) is 0 Å². The van der Waals surface area contributed by atoms with E-state index in [1.165, 1.54) is 193 Å². The molecule has 0 radical (unpaired) electrons. The summed E-state index contributed by atoms with van der Waals surface area (Å²) in [4.78, 5) is 30.6. The summed E-state index contributed by atoms with van der Waals surface area (Å²) in [6.45, 7) is 6.77. The Labute approximate surface area is 404 Å². The number of hydrogen-bond acceptors (Lipinski definition) is 6. The summed E-state index contributed by atoms with van der Waals surface area (Å²) in [5.41, 5.74) is 0. The molecule has 0 aliphatic carbocycles. The van der Waals surface area contributed by atoms with E-state index in [1.54, 1.807) is 0 Å². The molecule has 0 N–H and O–H groups in total. The predicted molar refractivity (Wildman–Crippen MR) is 253 cm³/mol. The molecular formula is C54H99O6Y. The molecule has 0 amide bonds. The molecule has 0 fully saturated rings. The number of unbranched alkanes of at least 4 members (excludes halogenated alkanes) is 33. The zero-order valence-electron chi connectivity index (χ0n) is 40.7. The molecule has 6 nitrogen and oxygen atoms in total. The first-order valence-electron chi connectivity index (χ1n) is 25.9. The van der Waals surface area contributed by atoms with Crippen LogP contribution in [0, 0.1) is 0 Å². The van der Waals surface area contributed by atoms with Gasteiger partial charge in [-0.25, -0.2) is 0 Å². The van der Waals surface area contributed by atoms with Crippen LogP contribution in [-0.2, 0) is 47.1 Å². The molecule has 61 heavy (non-hydrogen) atoms. The van der Waals surface area contributed by atoms with E-state index in [1.807, 2.05) is 0 Å². The molecule has 0 bridgehead atoms. The van der Waals surface area contributed by atoms with Crippen molar-refractivity contribution in [1.82, 2.24) is 0 Å². The normalized spacial score (nSPS) is 11.1. The van der Waals surface area contributed by atoms with Crippen LogP contribution < -0.4 is 15.3 Å². The molecule has 0 aromatic heterocycles.